The first-order valence-corrected chi connectivity index (χ1v) is 11.3. The molecule has 0 aliphatic carbocycles. The Balaban J connectivity index is 2.18. The smallest absolute Gasteiger partial charge is 0.241 e. The topological polar surface area (TPSA) is 84.9 Å². The summed E-state index contributed by atoms with van der Waals surface area (Å²) in [5.74, 6) is 0.885. The van der Waals surface area contributed by atoms with Crippen LogP contribution in [0.4, 0.5) is 5.69 Å². The third-order valence-electron chi connectivity index (χ3n) is 4.37. The molecule has 2 aromatic rings. The maximum absolute atomic E-state index is 12.7. The van der Waals surface area contributed by atoms with Crippen molar-refractivity contribution in [3.8, 4) is 11.5 Å². The quantitative estimate of drug-likeness (QED) is 0.638. The molecule has 0 aliphatic rings. The Morgan fingerprint density at radius 2 is 1.79 bits per heavy atom. The minimum absolute atomic E-state index is 0.232. The molecule has 0 radical (unpaired) electrons. The van der Waals surface area contributed by atoms with Gasteiger partial charge in [0.05, 0.1) is 31.7 Å². The normalized spacial score (nSPS) is 12.1. The summed E-state index contributed by atoms with van der Waals surface area (Å²) in [5.41, 5.74) is 1.30. The highest BCUT2D eigenvalue weighted by Crippen LogP contribution is 2.24. The molecule has 0 heterocycles. The molecule has 8 heteroatoms. The molecule has 0 unspecified atom stereocenters. The van der Waals surface area contributed by atoms with Crippen LogP contribution in [-0.4, -0.2) is 40.8 Å². The SMILES string of the molecule is CCOc1cccc(N(CC(=O)N[C@H](CC)c2ccc(OC)cc2)S(C)(=O)=O)c1. The lowest BCUT2D eigenvalue weighted by Crippen LogP contribution is -2.41. The van der Waals surface area contributed by atoms with Crippen molar-refractivity contribution in [1.29, 1.82) is 0 Å². The van der Waals surface area contributed by atoms with Crippen LogP contribution >= 0.6 is 0 Å². The number of sulfonamides is 1. The lowest BCUT2D eigenvalue weighted by Gasteiger charge is -2.24. The molecule has 0 aliphatic heterocycles. The second-order valence-electron chi connectivity index (χ2n) is 6.50. The molecule has 2 rings (SSSR count). The molecule has 0 fully saturated rings. The molecular weight excluding hydrogens is 392 g/mol. The van der Waals surface area contributed by atoms with Gasteiger partial charge < -0.3 is 14.8 Å². The van der Waals surface area contributed by atoms with Crippen LogP contribution in [0.5, 0.6) is 11.5 Å². The van der Waals surface area contributed by atoms with E-state index in [9.17, 15) is 13.2 Å². The fourth-order valence-electron chi connectivity index (χ4n) is 2.92. The Bertz CT molecular complexity index is 913. The van der Waals surface area contributed by atoms with Crippen molar-refractivity contribution in [2.45, 2.75) is 26.3 Å². The van der Waals surface area contributed by atoms with Gasteiger partial charge >= 0.3 is 0 Å². The molecule has 0 bridgehead atoms. The summed E-state index contributed by atoms with van der Waals surface area (Å²) in [4.78, 5) is 12.7. The van der Waals surface area contributed by atoms with Crippen molar-refractivity contribution in [2.24, 2.45) is 0 Å². The van der Waals surface area contributed by atoms with Crippen LogP contribution in [0.15, 0.2) is 48.5 Å². The molecular formula is C21H28N2O5S. The predicted molar refractivity (Wildman–Crippen MR) is 114 cm³/mol. The number of ether oxygens (including phenoxy) is 2. The number of anilines is 1. The van der Waals surface area contributed by atoms with Gasteiger partial charge in [0.25, 0.3) is 0 Å². The predicted octanol–water partition coefficient (Wildman–Crippen LogP) is 3.13. The zero-order valence-electron chi connectivity index (χ0n) is 17.2. The van der Waals surface area contributed by atoms with Gasteiger partial charge in [0.2, 0.25) is 15.9 Å². The minimum atomic E-state index is -3.66. The van der Waals surface area contributed by atoms with Gasteiger partial charge in [0.1, 0.15) is 18.0 Å². The fourth-order valence-corrected chi connectivity index (χ4v) is 3.77. The van der Waals surface area contributed by atoms with E-state index >= 15 is 0 Å². The Kier molecular flexibility index (Phi) is 7.90. The number of hydrogen-bond donors (Lipinski definition) is 1. The number of carbonyl (C=O) groups is 1. The molecule has 1 N–H and O–H groups in total. The van der Waals surface area contributed by atoms with Crippen molar-refractivity contribution in [2.75, 3.05) is 30.8 Å². The summed E-state index contributed by atoms with van der Waals surface area (Å²) in [6.45, 7) is 3.94. The molecule has 0 spiro atoms. The number of amides is 1. The number of nitrogens with one attached hydrogen (secondary N) is 1. The van der Waals surface area contributed by atoms with E-state index in [1.165, 1.54) is 0 Å². The van der Waals surface area contributed by atoms with E-state index in [4.69, 9.17) is 9.47 Å². The second-order valence-corrected chi connectivity index (χ2v) is 8.41. The number of benzene rings is 2. The number of carbonyl (C=O) groups excluding carboxylic acids is 1. The fraction of sp³-hybridized carbons (Fsp3) is 0.381. The summed E-state index contributed by atoms with van der Waals surface area (Å²) in [6, 6.07) is 13.9. The number of nitrogens with zero attached hydrogens (tertiary/aromatic N) is 1. The standard InChI is InChI=1S/C21H28N2O5S/c1-5-20(16-10-12-18(27-3)13-11-16)22-21(24)15-23(29(4,25)26)17-8-7-9-19(14-17)28-6-2/h7-14,20H,5-6,15H2,1-4H3,(H,22,24)/t20-/m1/s1. The van der Waals surface area contributed by atoms with Gasteiger partial charge in [-0.15, -0.1) is 0 Å². The van der Waals surface area contributed by atoms with E-state index in [0.717, 1.165) is 21.9 Å². The van der Waals surface area contributed by atoms with Crippen LogP contribution < -0.4 is 19.1 Å². The summed E-state index contributed by atoms with van der Waals surface area (Å²) in [7, 11) is -2.07. The van der Waals surface area contributed by atoms with Gasteiger partial charge in [0, 0.05) is 6.07 Å². The van der Waals surface area contributed by atoms with E-state index in [1.54, 1.807) is 31.4 Å². The van der Waals surface area contributed by atoms with Crippen molar-refractivity contribution in [1.82, 2.24) is 5.32 Å². The number of methoxy groups -OCH3 is 1. The highest BCUT2D eigenvalue weighted by molar-refractivity contribution is 7.92. The third-order valence-corrected chi connectivity index (χ3v) is 5.51. The van der Waals surface area contributed by atoms with E-state index in [-0.39, 0.29) is 18.5 Å². The molecule has 2 aromatic carbocycles. The monoisotopic (exact) mass is 420 g/mol. The summed E-state index contributed by atoms with van der Waals surface area (Å²) >= 11 is 0. The van der Waals surface area contributed by atoms with Crippen LogP contribution in [0.3, 0.4) is 0 Å². The zero-order valence-corrected chi connectivity index (χ0v) is 18.0. The van der Waals surface area contributed by atoms with Gasteiger partial charge in [-0.1, -0.05) is 25.1 Å². The van der Waals surface area contributed by atoms with E-state index in [0.29, 0.717) is 24.5 Å². The largest absolute Gasteiger partial charge is 0.497 e. The van der Waals surface area contributed by atoms with Crippen molar-refractivity contribution >= 4 is 21.6 Å². The zero-order chi connectivity index (χ0) is 21.4. The maximum Gasteiger partial charge on any atom is 0.241 e. The van der Waals surface area contributed by atoms with Gasteiger partial charge in [0.15, 0.2) is 0 Å². The van der Waals surface area contributed by atoms with Crippen LogP contribution in [0.25, 0.3) is 0 Å². The van der Waals surface area contributed by atoms with Gasteiger partial charge in [-0.25, -0.2) is 8.42 Å². The maximum atomic E-state index is 12.7. The molecule has 1 amide bonds. The van der Waals surface area contributed by atoms with Crippen molar-refractivity contribution < 1.29 is 22.7 Å². The highest BCUT2D eigenvalue weighted by atomic mass is 32.2. The Morgan fingerprint density at radius 3 is 2.34 bits per heavy atom. The molecule has 0 saturated carbocycles. The summed E-state index contributed by atoms with van der Waals surface area (Å²) in [6.07, 6.45) is 1.74. The molecule has 29 heavy (non-hydrogen) atoms. The lowest BCUT2D eigenvalue weighted by atomic mass is 10.0. The van der Waals surface area contributed by atoms with Crippen LogP contribution in [-0.2, 0) is 14.8 Å². The molecule has 0 saturated heterocycles. The molecule has 158 valence electrons. The molecule has 1 atom stereocenters. The van der Waals surface area contributed by atoms with E-state index < -0.39 is 10.0 Å². The molecule has 7 nitrogen and oxygen atoms in total. The van der Waals surface area contributed by atoms with E-state index in [1.807, 2.05) is 38.1 Å². The Morgan fingerprint density at radius 1 is 1.10 bits per heavy atom. The minimum Gasteiger partial charge on any atom is -0.497 e. The number of hydrogen-bond acceptors (Lipinski definition) is 5. The first kappa shape index (κ1) is 22.5. The van der Waals surface area contributed by atoms with Gasteiger partial charge in [-0.2, -0.15) is 0 Å². The third kappa shape index (κ3) is 6.39. The average Bonchev–Trinajstić information content (AvgIpc) is 2.70. The van der Waals surface area contributed by atoms with Crippen molar-refractivity contribution in [3.05, 3.63) is 54.1 Å². The van der Waals surface area contributed by atoms with Gasteiger partial charge in [-0.05, 0) is 43.2 Å². The van der Waals surface area contributed by atoms with Crippen LogP contribution in [0.1, 0.15) is 31.9 Å². The average molecular weight is 421 g/mol. The second kappa shape index (κ2) is 10.2. The Hall–Kier alpha value is -2.74. The van der Waals surface area contributed by atoms with Crippen molar-refractivity contribution in [3.63, 3.8) is 0 Å². The lowest BCUT2D eigenvalue weighted by molar-refractivity contribution is -0.120. The van der Waals surface area contributed by atoms with E-state index in [2.05, 4.69) is 5.32 Å². The first-order chi connectivity index (χ1) is 13.8. The van der Waals surface area contributed by atoms with Crippen LogP contribution in [0.2, 0.25) is 0 Å². The first-order valence-electron chi connectivity index (χ1n) is 9.42. The highest BCUT2D eigenvalue weighted by Gasteiger charge is 2.23. The van der Waals surface area contributed by atoms with Gasteiger partial charge in [-0.3, -0.25) is 9.10 Å². The number of rotatable bonds is 10. The van der Waals surface area contributed by atoms with Crippen LogP contribution in [0, 0.1) is 0 Å². The molecule has 0 aromatic heterocycles. The summed E-state index contributed by atoms with van der Waals surface area (Å²) < 4.78 is 36.3. The Labute approximate surface area is 172 Å². The summed E-state index contributed by atoms with van der Waals surface area (Å²) in [5, 5.41) is 2.92.